The lowest BCUT2D eigenvalue weighted by atomic mass is 10.2. The first-order valence-corrected chi connectivity index (χ1v) is 4.13. The van der Waals surface area contributed by atoms with Crippen LogP contribution in [0.3, 0.4) is 0 Å². The van der Waals surface area contributed by atoms with Crippen LogP contribution in [-0.2, 0) is 0 Å². The molecule has 60 valence electrons. The summed E-state index contributed by atoms with van der Waals surface area (Å²) in [5, 5.41) is 0. The molecule has 1 heteroatoms. The van der Waals surface area contributed by atoms with E-state index in [2.05, 4.69) is 30.1 Å². The summed E-state index contributed by atoms with van der Waals surface area (Å²) in [7, 11) is 0. The molecule has 1 unspecified atom stereocenters. The number of rotatable bonds is 1. The first kappa shape index (κ1) is 8.25. The van der Waals surface area contributed by atoms with Gasteiger partial charge in [-0.2, -0.15) is 0 Å². The zero-order valence-electron chi connectivity index (χ0n) is 7.25. The van der Waals surface area contributed by atoms with Gasteiger partial charge in [0.1, 0.15) is 0 Å². The Bertz CT molecular complexity index is 199. The highest BCUT2D eigenvalue weighted by atomic mass is 14.7. The van der Waals surface area contributed by atoms with Crippen molar-refractivity contribution in [3.63, 3.8) is 0 Å². The molecule has 0 saturated heterocycles. The minimum Gasteiger partial charge on any atom is -0.290 e. The van der Waals surface area contributed by atoms with Crippen LogP contribution in [0.2, 0.25) is 0 Å². The van der Waals surface area contributed by atoms with E-state index < -0.39 is 0 Å². The standard InChI is InChI=1S/C10H15N/c1-3-11-10-6-4-5-9(2)7-8-10/h3-4,6-7,10H,5,8H2,1-2H3. The molecule has 0 aromatic rings. The second-order valence-corrected chi connectivity index (χ2v) is 2.89. The normalized spacial score (nSPS) is 25.3. The van der Waals surface area contributed by atoms with Crippen molar-refractivity contribution in [2.24, 2.45) is 4.99 Å². The van der Waals surface area contributed by atoms with Crippen LogP contribution in [0.25, 0.3) is 0 Å². The molecule has 0 radical (unpaired) electrons. The lowest BCUT2D eigenvalue weighted by Crippen LogP contribution is -1.96. The Morgan fingerprint density at radius 1 is 1.64 bits per heavy atom. The number of nitrogens with zero attached hydrogens (tertiary/aromatic N) is 1. The smallest absolute Gasteiger partial charge is 0.0710 e. The van der Waals surface area contributed by atoms with E-state index in [1.165, 1.54) is 5.57 Å². The van der Waals surface area contributed by atoms with E-state index in [1.807, 2.05) is 13.1 Å². The molecule has 0 saturated carbocycles. The van der Waals surface area contributed by atoms with Gasteiger partial charge in [0.15, 0.2) is 0 Å². The Hall–Kier alpha value is -0.850. The lowest BCUT2D eigenvalue weighted by Gasteiger charge is -2.00. The fourth-order valence-corrected chi connectivity index (χ4v) is 1.20. The van der Waals surface area contributed by atoms with E-state index in [-0.39, 0.29) is 0 Å². The number of hydrogen-bond acceptors (Lipinski definition) is 1. The van der Waals surface area contributed by atoms with E-state index in [4.69, 9.17) is 0 Å². The number of allylic oxidation sites excluding steroid dienone is 2. The lowest BCUT2D eigenvalue weighted by molar-refractivity contribution is 0.841. The van der Waals surface area contributed by atoms with Gasteiger partial charge in [-0.25, -0.2) is 0 Å². The summed E-state index contributed by atoms with van der Waals surface area (Å²) >= 11 is 0. The molecule has 0 fully saturated rings. The molecule has 0 amide bonds. The molecule has 0 bridgehead atoms. The maximum absolute atomic E-state index is 4.32. The van der Waals surface area contributed by atoms with E-state index >= 15 is 0 Å². The van der Waals surface area contributed by atoms with Crippen LogP contribution in [0.1, 0.15) is 26.7 Å². The van der Waals surface area contributed by atoms with E-state index in [0.717, 1.165) is 12.8 Å². The number of aliphatic imine (C=N–C) groups is 1. The summed E-state index contributed by atoms with van der Waals surface area (Å²) in [6.07, 6.45) is 10.7. The fourth-order valence-electron chi connectivity index (χ4n) is 1.20. The Labute approximate surface area is 68.5 Å². The first-order valence-electron chi connectivity index (χ1n) is 4.13. The van der Waals surface area contributed by atoms with Gasteiger partial charge in [-0.05, 0) is 32.9 Å². The fraction of sp³-hybridized carbons (Fsp3) is 0.500. The monoisotopic (exact) mass is 149 g/mol. The van der Waals surface area contributed by atoms with Crippen molar-refractivity contribution in [2.45, 2.75) is 32.7 Å². The highest BCUT2D eigenvalue weighted by Gasteiger charge is 2.01. The molecule has 11 heavy (non-hydrogen) atoms. The van der Waals surface area contributed by atoms with Gasteiger partial charge in [0.2, 0.25) is 0 Å². The van der Waals surface area contributed by atoms with Gasteiger partial charge >= 0.3 is 0 Å². The van der Waals surface area contributed by atoms with Crippen molar-refractivity contribution in [2.75, 3.05) is 0 Å². The molecular formula is C10H15N. The van der Waals surface area contributed by atoms with E-state index in [0.29, 0.717) is 6.04 Å². The SMILES string of the molecule is CC=NC1C=CCC(C)=CC1. The predicted molar refractivity (Wildman–Crippen MR) is 50.1 cm³/mol. The predicted octanol–water partition coefficient (Wildman–Crippen LogP) is 2.74. The summed E-state index contributed by atoms with van der Waals surface area (Å²) in [5.41, 5.74) is 1.45. The Kier molecular flexibility index (Phi) is 3.09. The summed E-state index contributed by atoms with van der Waals surface area (Å²) in [6, 6.07) is 0.387. The molecule has 1 rings (SSSR count). The van der Waals surface area contributed by atoms with Gasteiger partial charge in [0.05, 0.1) is 6.04 Å². The van der Waals surface area contributed by atoms with Gasteiger partial charge in [-0.3, -0.25) is 4.99 Å². The van der Waals surface area contributed by atoms with Crippen molar-refractivity contribution in [3.05, 3.63) is 23.8 Å². The van der Waals surface area contributed by atoms with Gasteiger partial charge in [0, 0.05) is 0 Å². The third kappa shape index (κ3) is 2.71. The number of hydrogen-bond donors (Lipinski definition) is 0. The van der Waals surface area contributed by atoms with Gasteiger partial charge in [-0.15, -0.1) is 0 Å². The second-order valence-electron chi connectivity index (χ2n) is 2.89. The summed E-state index contributed by atoms with van der Waals surface area (Å²) < 4.78 is 0. The van der Waals surface area contributed by atoms with Crippen LogP contribution < -0.4 is 0 Å². The molecule has 0 aliphatic heterocycles. The third-order valence-electron chi connectivity index (χ3n) is 1.85. The van der Waals surface area contributed by atoms with Crippen molar-refractivity contribution in [1.29, 1.82) is 0 Å². The minimum atomic E-state index is 0.387. The second kappa shape index (κ2) is 4.12. The van der Waals surface area contributed by atoms with Crippen molar-refractivity contribution in [1.82, 2.24) is 0 Å². The van der Waals surface area contributed by atoms with Crippen LogP contribution in [-0.4, -0.2) is 12.3 Å². The van der Waals surface area contributed by atoms with E-state index in [9.17, 15) is 0 Å². The third-order valence-corrected chi connectivity index (χ3v) is 1.85. The summed E-state index contributed by atoms with van der Waals surface area (Å²) in [5.74, 6) is 0. The molecule has 0 aromatic carbocycles. The van der Waals surface area contributed by atoms with Crippen molar-refractivity contribution in [3.8, 4) is 0 Å². The molecule has 0 aromatic heterocycles. The average molecular weight is 149 g/mol. The quantitative estimate of drug-likeness (QED) is 0.401. The molecular weight excluding hydrogens is 134 g/mol. The Morgan fingerprint density at radius 3 is 3.18 bits per heavy atom. The zero-order chi connectivity index (χ0) is 8.10. The zero-order valence-corrected chi connectivity index (χ0v) is 7.25. The molecule has 1 aliphatic rings. The van der Waals surface area contributed by atoms with Gasteiger partial charge in [-0.1, -0.05) is 23.8 Å². The highest BCUT2D eigenvalue weighted by molar-refractivity contribution is 5.53. The molecule has 1 nitrogen and oxygen atoms in total. The summed E-state index contributed by atoms with van der Waals surface area (Å²) in [6.45, 7) is 4.14. The maximum Gasteiger partial charge on any atom is 0.0710 e. The summed E-state index contributed by atoms with van der Waals surface area (Å²) in [4.78, 5) is 4.32. The molecule has 0 spiro atoms. The molecule has 0 N–H and O–H groups in total. The minimum absolute atomic E-state index is 0.387. The van der Waals surface area contributed by atoms with Crippen molar-refractivity contribution < 1.29 is 0 Å². The molecule has 1 aliphatic carbocycles. The Balaban J connectivity index is 2.59. The van der Waals surface area contributed by atoms with Crippen LogP contribution in [0.4, 0.5) is 0 Å². The van der Waals surface area contributed by atoms with Crippen molar-refractivity contribution >= 4 is 6.21 Å². The first-order chi connectivity index (χ1) is 5.33. The van der Waals surface area contributed by atoms with Crippen LogP contribution in [0.15, 0.2) is 28.8 Å². The van der Waals surface area contributed by atoms with E-state index in [1.54, 1.807) is 0 Å². The molecule has 1 atom stereocenters. The average Bonchev–Trinajstić information content (AvgIpc) is 2.17. The Morgan fingerprint density at radius 2 is 2.45 bits per heavy atom. The van der Waals surface area contributed by atoms with Crippen LogP contribution in [0.5, 0.6) is 0 Å². The molecule has 0 heterocycles. The van der Waals surface area contributed by atoms with Crippen LogP contribution in [0, 0.1) is 0 Å². The highest BCUT2D eigenvalue weighted by Crippen LogP contribution is 2.12. The van der Waals surface area contributed by atoms with Gasteiger partial charge in [0.25, 0.3) is 0 Å². The topological polar surface area (TPSA) is 12.4 Å². The van der Waals surface area contributed by atoms with Gasteiger partial charge < -0.3 is 0 Å². The largest absolute Gasteiger partial charge is 0.290 e. The maximum atomic E-state index is 4.32. The van der Waals surface area contributed by atoms with Crippen LogP contribution >= 0.6 is 0 Å².